The lowest BCUT2D eigenvalue weighted by Crippen LogP contribution is -1.94. The summed E-state index contributed by atoms with van der Waals surface area (Å²) in [6.07, 6.45) is 0. The summed E-state index contributed by atoms with van der Waals surface area (Å²) >= 11 is 1.74. The van der Waals surface area contributed by atoms with Gasteiger partial charge in [0.15, 0.2) is 5.82 Å². The van der Waals surface area contributed by atoms with Crippen LogP contribution in [0.5, 0.6) is 0 Å². The van der Waals surface area contributed by atoms with Gasteiger partial charge in [-0.2, -0.15) is 0 Å². The first-order valence-electron chi connectivity index (χ1n) is 14.9. The molecule has 0 aliphatic rings. The Hall–Kier alpha value is -5.78. The molecule has 0 fully saturated rings. The number of thiophene rings is 1. The normalized spacial score (nSPS) is 12.0. The second-order valence-corrected chi connectivity index (χ2v) is 12.4. The van der Waals surface area contributed by atoms with Crippen molar-refractivity contribution in [2.75, 3.05) is 0 Å². The van der Waals surface area contributed by atoms with Crippen LogP contribution in [0.25, 0.3) is 98.0 Å². The van der Waals surface area contributed by atoms with E-state index in [1.807, 2.05) is 42.5 Å². The molecule has 4 nitrogen and oxygen atoms in total. The minimum absolute atomic E-state index is 0.663. The number of rotatable bonds is 3. The Labute approximate surface area is 260 Å². The van der Waals surface area contributed by atoms with E-state index in [4.69, 9.17) is 18.8 Å². The van der Waals surface area contributed by atoms with Crippen LogP contribution in [0, 0.1) is 0 Å². The Morgan fingerprint density at radius 2 is 1.16 bits per heavy atom. The van der Waals surface area contributed by atoms with Crippen molar-refractivity contribution in [3.63, 3.8) is 0 Å². The summed E-state index contributed by atoms with van der Waals surface area (Å²) in [6, 6.07) is 46.0. The highest BCUT2D eigenvalue weighted by Crippen LogP contribution is 2.44. The highest BCUT2D eigenvalue weighted by molar-refractivity contribution is 7.26. The molecule has 10 rings (SSSR count). The third-order valence-electron chi connectivity index (χ3n) is 8.72. The molecule has 0 amide bonds. The molecule has 6 aromatic carbocycles. The van der Waals surface area contributed by atoms with Gasteiger partial charge in [0.05, 0.1) is 15.9 Å². The van der Waals surface area contributed by atoms with Crippen LogP contribution in [0.2, 0.25) is 0 Å². The first-order chi connectivity index (χ1) is 22.3. The zero-order valence-electron chi connectivity index (χ0n) is 23.8. The van der Waals surface area contributed by atoms with Crippen molar-refractivity contribution in [1.29, 1.82) is 0 Å². The van der Waals surface area contributed by atoms with Crippen LogP contribution in [0.4, 0.5) is 0 Å². The van der Waals surface area contributed by atoms with Crippen molar-refractivity contribution in [2.45, 2.75) is 0 Å². The highest BCUT2D eigenvalue weighted by atomic mass is 32.1. The highest BCUT2D eigenvalue weighted by Gasteiger charge is 2.21. The summed E-state index contributed by atoms with van der Waals surface area (Å²) in [5.74, 6) is 0.663. The molecule has 210 valence electrons. The monoisotopic (exact) mass is 594 g/mol. The molecule has 0 radical (unpaired) electrons. The minimum Gasteiger partial charge on any atom is -0.456 e. The van der Waals surface area contributed by atoms with Crippen molar-refractivity contribution in [3.05, 3.63) is 133 Å². The van der Waals surface area contributed by atoms with Crippen molar-refractivity contribution < 1.29 is 8.83 Å². The average molecular weight is 595 g/mol. The van der Waals surface area contributed by atoms with Gasteiger partial charge in [-0.25, -0.2) is 9.97 Å². The van der Waals surface area contributed by atoms with E-state index in [0.29, 0.717) is 5.82 Å². The summed E-state index contributed by atoms with van der Waals surface area (Å²) < 4.78 is 14.8. The quantitative estimate of drug-likeness (QED) is 0.204. The van der Waals surface area contributed by atoms with Crippen LogP contribution in [0.3, 0.4) is 0 Å². The van der Waals surface area contributed by atoms with Gasteiger partial charge in [-0.15, -0.1) is 11.3 Å². The van der Waals surface area contributed by atoms with Crippen molar-refractivity contribution in [1.82, 2.24) is 9.97 Å². The van der Waals surface area contributed by atoms with Gasteiger partial charge in [-0.05, 0) is 47.5 Å². The Morgan fingerprint density at radius 1 is 0.467 bits per heavy atom. The third-order valence-corrected chi connectivity index (χ3v) is 9.86. The van der Waals surface area contributed by atoms with Gasteiger partial charge in [0, 0.05) is 42.8 Å². The Bertz CT molecular complexity index is 2770. The number of nitrogens with zero attached hydrogens (tertiary/aromatic N) is 2. The SMILES string of the molecule is c1ccc(-c2ccc3c(c2)sc2c(-c4cccc5oc6ccccc6c45)nc(-c4ccc5c(c4)oc4ccccc45)nc23)cc1. The molecule has 0 saturated carbocycles. The van der Waals surface area contributed by atoms with Crippen LogP contribution in [0.1, 0.15) is 0 Å². The molecule has 45 heavy (non-hydrogen) atoms. The van der Waals surface area contributed by atoms with E-state index in [-0.39, 0.29) is 0 Å². The minimum atomic E-state index is 0.663. The second-order valence-electron chi connectivity index (χ2n) is 11.3. The third kappa shape index (κ3) is 3.71. The fourth-order valence-electron chi connectivity index (χ4n) is 6.60. The number of para-hydroxylation sites is 2. The Kier molecular flexibility index (Phi) is 5.12. The molecule has 0 spiro atoms. The van der Waals surface area contributed by atoms with Crippen LogP contribution in [0.15, 0.2) is 142 Å². The number of benzene rings is 6. The predicted octanol–water partition coefficient (Wildman–Crippen LogP) is 11.6. The van der Waals surface area contributed by atoms with E-state index in [9.17, 15) is 0 Å². The van der Waals surface area contributed by atoms with Crippen LogP contribution in [-0.4, -0.2) is 9.97 Å². The molecule has 0 N–H and O–H groups in total. The maximum absolute atomic E-state index is 6.29. The van der Waals surface area contributed by atoms with E-state index in [0.717, 1.165) is 76.3 Å². The maximum atomic E-state index is 6.29. The van der Waals surface area contributed by atoms with E-state index >= 15 is 0 Å². The molecule has 4 aromatic heterocycles. The molecule has 0 saturated heterocycles. The molecule has 0 atom stereocenters. The zero-order valence-corrected chi connectivity index (χ0v) is 24.6. The van der Waals surface area contributed by atoms with Crippen molar-refractivity contribution in [3.8, 4) is 33.8 Å². The predicted molar refractivity (Wildman–Crippen MR) is 186 cm³/mol. The molecular formula is C40H22N2O2S. The van der Waals surface area contributed by atoms with Gasteiger partial charge >= 0.3 is 0 Å². The van der Waals surface area contributed by atoms with Gasteiger partial charge in [0.1, 0.15) is 22.3 Å². The zero-order chi connectivity index (χ0) is 29.5. The molecule has 0 bridgehead atoms. The molecule has 0 aliphatic carbocycles. The first-order valence-corrected chi connectivity index (χ1v) is 15.7. The van der Waals surface area contributed by atoms with Crippen LogP contribution in [-0.2, 0) is 0 Å². The second kappa shape index (κ2) is 9.36. The van der Waals surface area contributed by atoms with E-state index in [2.05, 4.69) is 91.0 Å². The molecule has 0 unspecified atom stereocenters. The van der Waals surface area contributed by atoms with Crippen LogP contribution >= 0.6 is 11.3 Å². The summed E-state index contributed by atoms with van der Waals surface area (Å²) in [7, 11) is 0. The van der Waals surface area contributed by atoms with E-state index in [1.54, 1.807) is 11.3 Å². The smallest absolute Gasteiger partial charge is 0.160 e. The van der Waals surface area contributed by atoms with Crippen molar-refractivity contribution >= 4 is 75.5 Å². The number of aromatic nitrogens is 2. The van der Waals surface area contributed by atoms with Gasteiger partial charge < -0.3 is 8.83 Å². The average Bonchev–Trinajstić information content (AvgIpc) is 3.78. The van der Waals surface area contributed by atoms with Crippen molar-refractivity contribution in [2.24, 2.45) is 0 Å². The lowest BCUT2D eigenvalue weighted by molar-refractivity contribution is 0.668. The van der Waals surface area contributed by atoms with Gasteiger partial charge in [-0.1, -0.05) is 97.1 Å². The summed E-state index contributed by atoms with van der Waals surface area (Å²) in [6.45, 7) is 0. The molecule has 5 heteroatoms. The van der Waals surface area contributed by atoms with Crippen LogP contribution < -0.4 is 0 Å². The molecule has 4 heterocycles. The molecular weight excluding hydrogens is 573 g/mol. The lowest BCUT2D eigenvalue weighted by Gasteiger charge is -2.08. The first kappa shape index (κ1) is 24.6. The number of furan rings is 2. The number of fused-ring (bicyclic) bond motifs is 9. The molecule has 10 aromatic rings. The van der Waals surface area contributed by atoms with E-state index in [1.165, 1.54) is 15.8 Å². The van der Waals surface area contributed by atoms with Gasteiger partial charge in [0.2, 0.25) is 0 Å². The fraction of sp³-hybridized carbons (Fsp3) is 0. The van der Waals surface area contributed by atoms with Gasteiger partial charge in [0.25, 0.3) is 0 Å². The topological polar surface area (TPSA) is 52.1 Å². The Morgan fingerprint density at radius 3 is 2.04 bits per heavy atom. The lowest BCUT2D eigenvalue weighted by atomic mass is 10.0. The largest absolute Gasteiger partial charge is 0.456 e. The standard InChI is InChI=1S/C40H22N2O2S/c1-2-9-23(10-3-1)24-17-20-29-35(22-24)45-39-37(29)41-40(25-18-19-27-26-11-4-6-14-31(26)44-34(27)21-25)42-38(39)30-13-8-16-33-36(30)28-12-5-7-15-32(28)43-33/h1-22H. The number of hydrogen-bond acceptors (Lipinski definition) is 5. The summed E-state index contributed by atoms with van der Waals surface area (Å²) in [4.78, 5) is 10.6. The summed E-state index contributed by atoms with van der Waals surface area (Å²) in [5.41, 5.74) is 9.58. The van der Waals surface area contributed by atoms with E-state index < -0.39 is 0 Å². The number of hydrogen-bond donors (Lipinski definition) is 0. The maximum Gasteiger partial charge on any atom is 0.160 e. The van der Waals surface area contributed by atoms with Gasteiger partial charge in [-0.3, -0.25) is 0 Å². The molecule has 0 aliphatic heterocycles. The fourth-order valence-corrected chi connectivity index (χ4v) is 7.79. The summed E-state index contributed by atoms with van der Waals surface area (Å²) in [5, 5.41) is 5.45. The Balaban J connectivity index is 1.28.